The molecule has 74 valence electrons. The molecule has 1 saturated heterocycles. The molecule has 0 saturated carbocycles. The van der Waals surface area contributed by atoms with E-state index in [1.54, 1.807) is 0 Å². The van der Waals surface area contributed by atoms with Gasteiger partial charge in [0.05, 0.1) is 6.54 Å². The highest BCUT2D eigenvalue weighted by atomic mass is 15.2. The molecule has 1 heteroatoms. The normalized spacial score (nSPS) is 24.6. The van der Waals surface area contributed by atoms with Gasteiger partial charge in [0, 0.05) is 6.04 Å². The SMILES string of the molecule is C#CCN1CCCC1CC(C)(C)C. The molecule has 1 aliphatic rings. The van der Waals surface area contributed by atoms with E-state index in [4.69, 9.17) is 6.42 Å². The topological polar surface area (TPSA) is 3.24 Å². The molecule has 0 aromatic rings. The van der Waals surface area contributed by atoms with Crippen molar-refractivity contribution in [2.24, 2.45) is 5.41 Å². The van der Waals surface area contributed by atoms with E-state index in [1.165, 1.54) is 25.8 Å². The first-order valence-corrected chi connectivity index (χ1v) is 5.20. The Morgan fingerprint density at radius 3 is 2.69 bits per heavy atom. The van der Waals surface area contributed by atoms with Gasteiger partial charge in [-0.1, -0.05) is 26.7 Å². The molecule has 0 N–H and O–H groups in total. The zero-order valence-corrected chi connectivity index (χ0v) is 9.14. The number of hydrogen-bond donors (Lipinski definition) is 0. The highest BCUT2D eigenvalue weighted by Crippen LogP contribution is 2.29. The number of rotatable bonds is 2. The van der Waals surface area contributed by atoms with Crippen LogP contribution in [0.1, 0.15) is 40.0 Å². The molecule has 0 aromatic heterocycles. The molecule has 1 unspecified atom stereocenters. The van der Waals surface area contributed by atoms with Crippen molar-refractivity contribution >= 4 is 0 Å². The van der Waals surface area contributed by atoms with Crippen molar-refractivity contribution in [3.8, 4) is 12.3 Å². The van der Waals surface area contributed by atoms with Crippen LogP contribution in [0.2, 0.25) is 0 Å². The third-order valence-corrected chi connectivity index (χ3v) is 2.64. The van der Waals surface area contributed by atoms with E-state index in [1.807, 2.05) is 0 Å². The van der Waals surface area contributed by atoms with Crippen molar-refractivity contribution in [2.45, 2.75) is 46.1 Å². The summed E-state index contributed by atoms with van der Waals surface area (Å²) in [5.74, 6) is 2.75. The maximum Gasteiger partial charge on any atom is 0.0601 e. The Kier molecular flexibility index (Phi) is 3.39. The lowest BCUT2D eigenvalue weighted by molar-refractivity contribution is 0.209. The van der Waals surface area contributed by atoms with E-state index in [9.17, 15) is 0 Å². The van der Waals surface area contributed by atoms with Crippen LogP contribution in [0.3, 0.4) is 0 Å². The fourth-order valence-corrected chi connectivity index (χ4v) is 2.16. The molecule has 1 heterocycles. The van der Waals surface area contributed by atoms with Gasteiger partial charge >= 0.3 is 0 Å². The average Bonchev–Trinajstić information content (AvgIpc) is 2.34. The van der Waals surface area contributed by atoms with Crippen LogP contribution in [-0.2, 0) is 0 Å². The summed E-state index contributed by atoms with van der Waals surface area (Å²) in [5, 5.41) is 0. The van der Waals surface area contributed by atoms with Gasteiger partial charge < -0.3 is 0 Å². The Morgan fingerprint density at radius 2 is 2.15 bits per heavy atom. The Labute approximate surface area is 82.5 Å². The van der Waals surface area contributed by atoms with Gasteiger partial charge in [0.1, 0.15) is 0 Å². The van der Waals surface area contributed by atoms with Gasteiger partial charge in [-0.05, 0) is 31.2 Å². The van der Waals surface area contributed by atoms with Crippen LogP contribution in [0.5, 0.6) is 0 Å². The summed E-state index contributed by atoms with van der Waals surface area (Å²) in [6.07, 6.45) is 9.27. The fraction of sp³-hybridized carbons (Fsp3) is 0.833. The van der Waals surface area contributed by atoms with E-state index in [0.29, 0.717) is 5.41 Å². The predicted molar refractivity (Wildman–Crippen MR) is 57.5 cm³/mol. The van der Waals surface area contributed by atoms with E-state index >= 15 is 0 Å². The van der Waals surface area contributed by atoms with Crippen molar-refractivity contribution in [3.63, 3.8) is 0 Å². The number of hydrogen-bond acceptors (Lipinski definition) is 1. The predicted octanol–water partition coefficient (Wildman–Crippen LogP) is 2.52. The zero-order valence-electron chi connectivity index (χ0n) is 9.14. The molecule has 0 aliphatic carbocycles. The highest BCUT2D eigenvalue weighted by molar-refractivity contribution is 4.93. The zero-order chi connectivity index (χ0) is 9.90. The van der Waals surface area contributed by atoms with Crippen molar-refractivity contribution < 1.29 is 0 Å². The van der Waals surface area contributed by atoms with Crippen LogP contribution in [0.25, 0.3) is 0 Å². The van der Waals surface area contributed by atoms with Gasteiger partial charge in [-0.2, -0.15) is 0 Å². The summed E-state index contributed by atoms with van der Waals surface area (Å²) in [6.45, 7) is 8.95. The van der Waals surface area contributed by atoms with Gasteiger partial charge in [0.2, 0.25) is 0 Å². The first-order valence-electron chi connectivity index (χ1n) is 5.20. The molecule has 1 atom stereocenters. The summed E-state index contributed by atoms with van der Waals surface area (Å²) in [6, 6.07) is 0.732. The second-order valence-electron chi connectivity index (χ2n) is 5.24. The van der Waals surface area contributed by atoms with Crippen molar-refractivity contribution in [2.75, 3.05) is 13.1 Å². The highest BCUT2D eigenvalue weighted by Gasteiger charge is 2.27. The number of likely N-dealkylation sites (tertiary alicyclic amines) is 1. The summed E-state index contributed by atoms with van der Waals surface area (Å²) >= 11 is 0. The molecule has 0 aromatic carbocycles. The minimum atomic E-state index is 0.432. The molecule has 0 amide bonds. The maximum absolute atomic E-state index is 5.34. The second-order valence-corrected chi connectivity index (χ2v) is 5.24. The van der Waals surface area contributed by atoms with Crippen LogP contribution in [0, 0.1) is 17.8 Å². The maximum atomic E-state index is 5.34. The lowest BCUT2D eigenvalue weighted by Gasteiger charge is -2.28. The molecule has 0 bridgehead atoms. The monoisotopic (exact) mass is 179 g/mol. The minimum Gasteiger partial charge on any atom is -0.289 e. The van der Waals surface area contributed by atoms with Gasteiger partial charge in [0.25, 0.3) is 0 Å². The molecular weight excluding hydrogens is 158 g/mol. The van der Waals surface area contributed by atoms with Crippen LogP contribution < -0.4 is 0 Å². The Bertz CT molecular complexity index is 194. The molecule has 0 radical (unpaired) electrons. The first kappa shape index (κ1) is 10.6. The number of nitrogens with zero attached hydrogens (tertiary/aromatic N) is 1. The third kappa shape index (κ3) is 3.40. The van der Waals surface area contributed by atoms with Crippen LogP contribution in [-0.4, -0.2) is 24.0 Å². The Balaban J connectivity index is 2.45. The van der Waals surface area contributed by atoms with Crippen molar-refractivity contribution in [3.05, 3.63) is 0 Å². The third-order valence-electron chi connectivity index (χ3n) is 2.64. The van der Waals surface area contributed by atoms with Crippen molar-refractivity contribution in [1.29, 1.82) is 0 Å². The van der Waals surface area contributed by atoms with Gasteiger partial charge in [0.15, 0.2) is 0 Å². The largest absolute Gasteiger partial charge is 0.289 e. The molecule has 1 fully saturated rings. The number of terminal acetylenes is 1. The van der Waals surface area contributed by atoms with Gasteiger partial charge in [-0.3, -0.25) is 4.90 Å². The quantitative estimate of drug-likeness (QED) is 0.589. The van der Waals surface area contributed by atoms with E-state index in [0.717, 1.165) is 12.6 Å². The van der Waals surface area contributed by atoms with E-state index in [-0.39, 0.29) is 0 Å². The van der Waals surface area contributed by atoms with Crippen LogP contribution >= 0.6 is 0 Å². The molecule has 1 rings (SSSR count). The molecule has 1 aliphatic heterocycles. The summed E-state index contributed by atoms with van der Waals surface area (Å²) in [7, 11) is 0. The first-order chi connectivity index (χ1) is 6.03. The standard InChI is InChI=1S/C12H21N/c1-5-8-13-9-6-7-11(13)10-12(2,3)4/h1,11H,6-10H2,2-4H3. The van der Waals surface area contributed by atoms with Gasteiger partial charge in [-0.25, -0.2) is 0 Å². The average molecular weight is 179 g/mol. The summed E-state index contributed by atoms with van der Waals surface area (Å²) in [5.41, 5.74) is 0.432. The van der Waals surface area contributed by atoms with Crippen LogP contribution in [0.4, 0.5) is 0 Å². The lowest BCUT2D eigenvalue weighted by Crippen LogP contribution is -2.32. The molecule has 0 spiro atoms. The second kappa shape index (κ2) is 4.15. The smallest absolute Gasteiger partial charge is 0.0601 e. The fourth-order valence-electron chi connectivity index (χ4n) is 2.16. The summed E-state index contributed by atoms with van der Waals surface area (Å²) < 4.78 is 0. The van der Waals surface area contributed by atoms with E-state index < -0.39 is 0 Å². The summed E-state index contributed by atoms with van der Waals surface area (Å²) in [4.78, 5) is 2.45. The van der Waals surface area contributed by atoms with E-state index in [2.05, 4.69) is 31.6 Å². The van der Waals surface area contributed by atoms with Gasteiger partial charge in [-0.15, -0.1) is 6.42 Å². The van der Waals surface area contributed by atoms with Crippen LogP contribution in [0.15, 0.2) is 0 Å². The Morgan fingerprint density at radius 1 is 1.46 bits per heavy atom. The molecule has 1 nitrogen and oxygen atoms in total. The Hall–Kier alpha value is -0.480. The molecular formula is C12H21N. The van der Waals surface area contributed by atoms with Crippen molar-refractivity contribution in [1.82, 2.24) is 4.90 Å². The lowest BCUT2D eigenvalue weighted by atomic mass is 9.87. The minimum absolute atomic E-state index is 0.432. The molecule has 13 heavy (non-hydrogen) atoms.